The Labute approximate surface area is 136 Å². The van der Waals surface area contributed by atoms with Crippen LogP contribution in [0.3, 0.4) is 0 Å². The minimum absolute atomic E-state index is 0.183. The van der Waals surface area contributed by atoms with Gasteiger partial charge < -0.3 is 10.3 Å². The third kappa shape index (κ3) is 9.82. The van der Waals surface area contributed by atoms with Crippen molar-refractivity contribution in [3.63, 3.8) is 0 Å². The van der Waals surface area contributed by atoms with Crippen LogP contribution in [0.1, 0.15) is 51.4 Å². The Morgan fingerprint density at radius 1 is 0.905 bits per heavy atom. The molecule has 0 saturated heterocycles. The summed E-state index contributed by atoms with van der Waals surface area (Å²) in [6, 6.07) is 8.00. The van der Waals surface area contributed by atoms with Crippen molar-refractivity contribution < 1.29 is 9.35 Å². The molecule has 1 aromatic rings. The van der Waals surface area contributed by atoms with Crippen LogP contribution in [0, 0.1) is 0 Å². The number of carbonyl (C=O) groups is 1. The van der Waals surface area contributed by atoms with E-state index in [0.717, 1.165) is 35.5 Å². The lowest BCUT2D eigenvalue weighted by molar-refractivity contribution is -0.118. The quantitative estimate of drug-likeness (QED) is 0.324. The van der Waals surface area contributed by atoms with Gasteiger partial charge in [-0.2, -0.15) is 0 Å². The van der Waals surface area contributed by atoms with Gasteiger partial charge in [0, 0.05) is 28.3 Å². The lowest BCUT2D eigenvalue weighted by atomic mass is 10.1. The summed E-state index contributed by atoms with van der Waals surface area (Å²) in [6.45, 7) is 0. The average molecular weight is 328 g/mol. The number of hydrogen-bond donors (Lipinski definition) is 2. The van der Waals surface area contributed by atoms with Gasteiger partial charge in [0.15, 0.2) is 0 Å². The maximum atomic E-state index is 10.6. The molecule has 0 saturated carbocycles. The largest absolute Gasteiger partial charge is 0.370 e. The zero-order valence-corrected chi connectivity index (χ0v) is 14.1. The van der Waals surface area contributed by atoms with Crippen molar-refractivity contribution in [1.29, 1.82) is 0 Å². The number of hydrogen-bond acceptors (Lipinski definition) is 4. The van der Waals surface area contributed by atoms with E-state index < -0.39 is 0 Å². The lowest BCUT2D eigenvalue weighted by Gasteiger charge is -2.03. The Balaban J connectivity index is 1.91. The zero-order valence-electron chi connectivity index (χ0n) is 12.4. The molecule has 3 nitrogen and oxygen atoms in total. The van der Waals surface area contributed by atoms with Gasteiger partial charge in [-0.05, 0) is 42.9 Å². The van der Waals surface area contributed by atoms with Gasteiger partial charge in [0.2, 0.25) is 5.91 Å². The van der Waals surface area contributed by atoms with Crippen LogP contribution in [0.5, 0.6) is 0 Å². The molecule has 1 amide bonds. The number of carbonyl (C=O) groups excluding carboxylic acids is 1. The van der Waals surface area contributed by atoms with Crippen molar-refractivity contribution in [2.45, 2.75) is 61.2 Å². The Bertz CT molecular complexity index is 396. The predicted molar refractivity (Wildman–Crippen MR) is 91.8 cm³/mol. The fraction of sp³-hybridized carbons (Fsp3) is 0.562. The molecule has 0 aliphatic rings. The molecular formula is C16H25NO2S2. The number of rotatable bonds is 12. The normalized spacial score (nSPS) is 10.7. The van der Waals surface area contributed by atoms with Crippen molar-refractivity contribution in [3.8, 4) is 0 Å². The van der Waals surface area contributed by atoms with Crippen LogP contribution in [-0.4, -0.2) is 16.2 Å². The van der Waals surface area contributed by atoms with E-state index in [2.05, 4.69) is 12.1 Å². The summed E-state index contributed by atoms with van der Waals surface area (Å²) in [4.78, 5) is 12.7. The van der Waals surface area contributed by atoms with Crippen LogP contribution in [-0.2, 0) is 4.79 Å². The van der Waals surface area contributed by atoms with Gasteiger partial charge in [0.25, 0.3) is 0 Å². The molecule has 0 unspecified atom stereocenters. The van der Waals surface area contributed by atoms with Crippen molar-refractivity contribution in [2.75, 3.05) is 5.75 Å². The number of unbranched alkanes of at least 4 members (excludes halogenated alkanes) is 6. The minimum Gasteiger partial charge on any atom is -0.370 e. The van der Waals surface area contributed by atoms with Crippen LogP contribution in [0.2, 0.25) is 0 Å². The van der Waals surface area contributed by atoms with E-state index >= 15 is 0 Å². The number of primary amides is 1. The highest BCUT2D eigenvalue weighted by molar-refractivity contribution is 7.99. The SMILES string of the molecule is NC(=O)CCCCCCCCCSc1ccc(SO)cc1. The molecule has 0 aromatic heterocycles. The van der Waals surface area contributed by atoms with Gasteiger partial charge in [0.1, 0.15) is 0 Å². The molecule has 0 atom stereocenters. The van der Waals surface area contributed by atoms with Crippen LogP contribution >= 0.6 is 23.8 Å². The molecule has 5 heteroatoms. The summed E-state index contributed by atoms with van der Waals surface area (Å²) in [5, 5.41) is 0. The zero-order chi connectivity index (χ0) is 15.3. The first kappa shape index (κ1) is 18.4. The maximum Gasteiger partial charge on any atom is 0.217 e. The van der Waals surface area contributed by atoms with Crippen molar-refractivity contribution in [2.24, 2.45) is 5.73 Å². The first-order valence-electron chi connectivity index (χ1n) is 7.55. The van der Waals surface area contributed by atoms with Crippen molar-refractivity contribution >= 4 is 29.7 Å². The second-order valence-electron chi connectivity index (χ2n) is 5.10. The van der Waals surface area contributed by atoms with E-state index in [1.165, 1.54) is 37.0 Å². The fourth-order valence-corrected chi connectivity index (χ4v) is 3.24. The van der Waals surface area contributed by atoms with E-state index in [9.17, 15) is 4.79 Å². The van der Waals surface area contributed by atoms with Gasteiger partial charge in [-0.1, -0.05) is 32.1 Å². The Morgan fingerprint density at radius 3 is 2.00 bits per heavy atom. The van der Waals surface area contributed by atoms with Crippen molar-refractivity contribution in [3.05, 3.63) is 24.3 Å². The van der Waals surface area contributed by atoms with E-state index in [1.54, 1.807) is 0 Å². The highest BCUT2D eigenvalue weighted by Gasteiger charge is 1.97. The monoisotopic (exact) mass is 327 g/mol. The third-order valence-corrected chi connectivity index (χ3v) is 4.85. The maximum absolute atomic E-state index is 10.6. The smallest absolute Gasteiger partial charge is 0.217 e. The molecule has 0 heterocycles. The second-order valence-corrected chi connectivity index (χ2v) is 6.92. The van der Waals surface area contributed by atoms with Crippen LogP contribution in [0.25, 0.3) is 0 Å². The number of amides is 1. The van der Waals surface area contributed by atoms with Gasteiger partial charge in [0.05, 0.1) is 0 Å². The van der Waals surface area contributed by atoms with E-state index in [4.69, 9.17) is 10.3 Å². The Morgan fingerprint density at radius 2 is 1.43 bits per heavy atom. The Hall–Kier alpha value is -0.650. The summed E-state index contributed by atoms with van der Waals surface area (Å²) in [5.41, 5.74) is 5.10. The van der Waals surface area contributed by atoms with Crippen LogP contribution < -0.4 is 5.73 Å². The van der Waals surface area contributed by atoms with Gasteiger partial charge in [-0.25, -0.2) is 0 Å². The van der Waals surface area contributed by atoms with Crippen LogP contribution in [0.4, 0.5) is 0 Å². The molecule has 21 heavy (non-hydrogen) atoms. The molecule has 0 bridgehead atoms. The van der Waals surface area contributed by atoms with E-state index in [-0.39, 0.29) is 5.91 Å². The molecule has 118 valence electrons. The van der Waals surface area contributed by atoms with Gasteiger partial charge in [-0.15, -0.1) is 11.8 Å². The van der Waals surface area contributed by atoms with E-state index in [1.807, 2.05) is 23.9 Å². The summed E-state index contributed by atoms with van der Waals surface area (Å²) in [7, 11) is 0. The molecule has 0 aliphatic carbocycles. The van der Waals surface area contributed by atoms with Crippen LogP contribution in [0.15, 0.2) is 34.1 Å². The molecule has 0 aliphatic heterocycles. The summed E-state index contributed by atoms with van der Waals surface area (Å²) >= 11 is 2.66. The van der Waals surface area contributed by atoms with Gasteiger partial charge in [-0.3, -0.25) is 4.79 Å². The molecule has 0 radical (unpaired) electrons. The average Bonchev–Trinajstić information content (AvgIpc) is 2.49. The predicted octanol–water partition coefficient (Wildman–Crippen LogP) is 4.95. The Kier molecular flexibility index (Phi) is 10.5. The molecular weight excluding hydrogens is 302 g/mol. The fourth-order valence-electron chi connectivity index (χ4n) is 2.07. The number of nitrogens with two attached hydrogens (primary N) is 1. The molecule has 1 rings (SSSR count). The second kappa shape index (κ2) is 12.0. The molecule has 0 spiro atoms. The summed E-state index contributed by atoms with van der Waals surface area (Å²) < 4.78 is 8.89. The van der Waals surface area contributed by atoms with Gasteiger partial charge >= 0.3 is 0 Å². The topological polar surface area (TPSA) is 63.3 Å². The molecule has 3 N–H and O–H groups in total. The minimum atomic E-state index is -0.183. The molecule has 0 fully saturated rings. The summed E-state index contributed by atoms with van der Waals surface area (Å²) in [6.07, 6.45) is 8.84. The first-order valence-corrected chi connectivity index (χ1v) is 9.31. The highest BCUT2D eigenvalue weighted by Crippen LogP contribution is 2.23. The van der Waals surface area contributed by atoms with E-state index in [0.29, 0.717) is 6.42 Å². The third-order valence-electron chi connectivity index (χ3n) is 3.27. The lowest BCUT2D eigenvalue weighted by Crippen LogP contribution is -2.09. The standard InChI is InChI=1S/C16H25NO2S2/c17-16(18)8-6-4-2-1-3-5-7-13-20-14-9-11-15(21-19)12-10-14/h9-12,19H,1-8,13H2,(H2,17,18). The number of thioether (sulfide) groups is 1. The number of benzene rings is 1. The molecule has 1 aromatic carbocycles. The summed E-state index contributed by atoms with van der Waals surface area (Å²) in [5.74, 6) is 0.963. The first-order chi connectivity index (χ1) is 10.2. The highest BCUT2D eigenvalue weighted by atomic mass is 32.2. The van der Waals surface area contributed by atoms with Crippen molar-refractivity contribution in [1.82, 2.24) is 0 Å².